The second-order valence-electron chi connectivity index (χ2n) is 5.85. The maximum Gasteiger partial charge on any atom is 0.0653 e. The van der Waals surface area contributed by atoms with Crippen LogP contribution in [0.25, 0.3) is 0 Å². The normalized spacial score (nSPS) is 12.2. The summed E-state index contributed by atoms with van der Waals surface area (Å²) in [6, 6.07) is 31.7. The monoisotopic (exact) mass is 340 g/mol. The summed E-state index contributed by atoms with van der Waals surface area (Å²) in [4.78, 5) is 6.01. The van der Waals surface area contributed by atoms with Crippen LogP contribution in [0.15, 0.2) is 103 Å². The van der Waals surface area contributed by atoms with Gasteiger partial charge in [-0.25, -0.2) is 0 Å². The standard InChI is InChI=1S/C23H18NS/c1-3-10-18(11-4-1)22(20-14-7-8-16-24-20)23(21-15-9-17-25-21)19-12-5-2-6-13-19/h1-17,23H. The van der Waals surface area contributed by atoms with Crippen molar-refractivity contribution in [3.05, 3.63) is 130 Å². The van der Waals surface area contributed by atoms with Gasteiger partial charge in [0.1, 0.15) is 0 Å². The Morgan fingerprint density at radius 3 is 2.08 bits per heavy atom. The van der Waals surface area contributed by atoms with Gasteiger partial charge in [-0.3, -0.25) is 4.98 Å². The number of rotatable bonds is 5. The Kier molecular flexibility index (Phi) is 4.71. The average molecular weight is 340 g/mol. The molecule has 1 atom stereocenters. The molecule has 1 radical (unpaired) electrons. The summed E-state index contributed by atoms with van der Waals surface area (Å²) in [6.07, 6.45) is 1.87. The molecule has 1 unspecified atom stereocenters. The Morgan fingerprint density at radius 1 is 0.720 bits per heavy atom. The molecule has 4 aromatic rings. The van der Waals surface area contributed by atoms with Gasteiger partial charge in [0.05, 0.1) is 11.6 Å². The zero-order valence-electron chi connectivity index (χ0n) is 13.7. The fraction of sp³-hybridized carbons (Fsp3) is 0.0435. The highest BCUT2D eigenvalue weighted by Gasteiger charge is 2.30. The molecule has 0 N–H and O–H groups in total. The molecule has 121 valence electrons. The largest absolute Gasteiger partial charge is 0.260 e. The maximum atomic E-state index is 4.68. The van der Waals surface area contributed by atoms with Crippen LogP contribution in [0.3, 0.4) is 0 Å². The van der Waals surface area contributed by atoms with Gasteiger partial charge in [0.15, 0.2) is 0 Å². The molecule has 0 spiro atoms. The lowest BCUT2D eigenvalue weighted by Crippen LogP contribution is -2.15. The van der Waals surface area contributed by atoms with Crippen molar-refractivity contribution in [2.24, 2.45) is 0 Å². The minimum Gasteiger partial charge on any atom is -0.260 e. The van der Waals surface area contributed by atoms with Gasteiger partial charge < -0.3 is 0 Å². The van der Waals surface area contributed by atoms with Crippen LogP contribution in [0.2, 0.25) is 0 Å². The SMILES string of the molecule is c1ccc([C](c2ccccn2)C(c2ccccc2)c2cccs2)cc1. The van der Waals surface area contributed by atoms with Crippen molar-refractivity contribution in [2.75, 3.05) is 0 Å². The van der Waals surface area contributed by atoms with Gasteiger partial charge in [-0.15, -0.1) is 11.3 Å². The predicted molar refractivity (Wildman–Crippen MR) is 105 cm³/mol. The third-order valence-electron chi connectivity index (χ3n) is 4.27. The maximum absolute atomic E-state index is 4.68. The van der Waals surface area contributed by atoms with Crippen molar-refractivity contribution < 1.29 is 0 Å². The Labute approximate surface area is 152 Å². The first-order valence-corrected chi connectivity index (χ1v) is 9.23. The minimum absolute atomic E-state index is 0.165. The first-order chi connectivity index (χ1) is 12.4. The summed E-state index contributed by atoms with van der Waals surface area (Å²) < 4.78 is 0. The van der Waals surface area contributed by atoms with Crippen molar-refractivity contribution in [1.29, 1.82) is 0 Å². The molecule has 0 aliphatic rings. The lowest BCUT2D eigenvalue weighted by atomic mass is 9.78. The van der Waals surface area contributed by atoms with Crippen LogP contribution < -0.4 is 0 Å². The molecular formula is C23H18NS. The Hall–Kier alpha value is -2.71. The highest BCUT2D eigenvalue weighted by atomic mass is 32.1. The van der Waals surface area contributed by atoms with E-state index < -0.39 is 0 Å². The van der Waals surface area contributed by atoms with Crippen LogP contribution in [0, 0.1) is 5.92 Å². The summed E-state index contributed by atoms with van der Waals surface area (Å²) in [5.74, 6) is 1.41. The van der Waals surface area contributed by atoms with Crippen molar-refractivity contribution in [3.8, 4) is 0 Å². The van der Waals surface area contributed by atoms with Crippen LogP contribution in [-0.2, 0) is 0 Å². The molecule has 2 heteroatoms. The van der Waals surface area contributed by atoms with E-state index in [1.54, 1.807) is 11.3 Å². The molecular weight excluding hydrogens is 322 g/mol. The zero-order valence-corrected chi connectivity index (χ0v) is 14.6. The first-order valence-electron chi connectivity index (χ1n) is 8.35. The molecule has 0 saturated carbocycles. The lowest BCUT2D eigenvalue weighted by molar-refractivity contribution is 0.865. The van der Waals surface area contributed by atoms with Crippen LogP contribution in [0.1, 0.15) is 27.6 Å². The number of aromatic nitrogens is 1. The molecule has 0 saturated heterocycles. The van der Waals surface area contributed by atoms with Gasteiger partial charge >= 0.3 is 0 Å². The van der Waals surface area contributed by atoms with E-state index >= 15 is 0 Å². The van der Waals surface area contributed by atoms with Gasteiger partial charge in [0.2, 0.25) is 0 Å². The molecule has 2 aromatic heterocycles. The molecule has 4 rings (SSSR count). The fourth-order valence-corrected chi connectivity index (χ4v) is 4.04. The third-order valence-corrected chi connectivity index (χ3v) is 5.21. The van der Waals surface area contributed by atoms with Gasteiger partial charge in [-0.05, 0) is 34.7 Å². The van der Waals surface area contributed by atoms with Crippen LogP contribution in [-0.4, -0.2) is 4.98 Å². The van der Waals surface area contributed by atoms with Crippen molar-refractivity contribution >= 4 is 11.3 Å². The Balaban J connectivity index is 1.91. The molecule has 2 aromatic carbocycles. The lowest BCUT2D eigenvalue weighted by Gasteiger charge is -2.26. The number of hydrogen-bond acceptors (Lipinski definition) is 2. The van der Waals surface area contributed by atoms with E-state index in [4.69, 9.17) is 0 Å². The quantitative estimate of drug-likeness (QED) is 0.438. The Morgan fingerprint density at radius 2 is 1.44 bits per heavy atom. The molecule has 2 heterocycles. The van der Waals surface area contributed by atoms with Crippen LogP contribution in [0.4, 0.5) is 0 Å². The topological polar surface area (TPSA) is 12.9 Å². The highest BCUT2D eigenvalue weighted by Crippen LogP contribution is 2.42. The second kappa shape index (κ2) is 7.45. The van der Waals surface area contributed by atoms with E-state index in [0.29, 0.717) is 0 Å². The van der Waals surface area contributed by atoms with E-state index in [-0.39, 0.29) is 5.92 Å². The molecule has 0 aliphatic heterocycles. The fourth-order valence-electron chi connectivity index (χ4n) is 3.18. The number of hydrogen-bond donors (Lipinski definition) is 0. The molecule has 0 aliphatic carbocycles. The molecule has 0 fully saturated rings. The van der Waals surface area contributed by atoms with Crippen molar-refractivity contribution in [3.63, 3.8) is 0 Å². The van der Waals surface area contributed by atoms with Gasteiger partial charge in [-0.1, -0.05) is 72.8 Å². The number of thiophene rings is 1. The van der Waals surface area contributed by atoms with Crippen molar-refractivity contribution in [2.45, 2.75) is 5.92 Å². The van der Waals surface area contributed by atoms with Gasteiger partial charge in [0, 0.05) is 17.0 Å². The minimum atomic E-state index is 0.165. The molecule has 0 amide bonds. The average Bonchev–Trinajstić information content (AvgIpc) is 3.22. The van der Waals surface area contributed by atoms with Gasteiger partial charge in [-0.2, -0.15) is 0 Å². The van der Waals surface area contributed by atoms with Crippen LogP contribution >= 0.6 is 11.3 Å². The van der Waals surface area contributed by atoms with Crippen molar-refractivity contribution in [1.82, 2.24) is 4.98 Å². The van der Waals surface area contributed by atoms with E-state index in [9.17, 15) is 0 Å². The zero-order chi connectivity index (χ0) is 16.9. The Bertz CT molecular complexity index is 847. The number of pyridine rings is 1. The smallest absolute Gasteiger partial charge is 0.0653 e. The van der Waals surface area contributed by atoms with Gasteiger partial charge in [0.25, 0.3) is 0 Å². The summed E-state index contributed by atoms with van der Waals surface area (Å²) >= 11 is 1.79. The van der Waals surface area contributed by atoms with E-state index in [2.05, 4.69) is 95.3 Å². The summed E-state index contributed by atoms with van der Waals surface area (Å²) in [7, 11) is 0. The summed E-state index contributed by atoms with van der Waals surface area (Å²) in [5.41, 5.74) is 3.52. The summed E-state index contributed by atoms with van der Waals surface area (Å²) in [5, 5.41) is 2.15. The van der Waals surface area contributed by atoms with E-state index in [1.807, 2.05) is 12.3 Å². The number of benzene rings is 2. The first kappa shape index (κ1) is 15.8. The molecule has 1 nitrogen and oxygen atoms in total. The van der Waals surface area contributed by atoms with E-state index in [0.717, 1.165) is 5.69 Å². The van der Waals surface area contributed by atoms with E-state index in [1.165, 1.54) is 21.9 Å². The highest BCUT2D eigenvalue weighted by molar-refractivity contribution is 7.10. The number of nitrogens with zero attached hydrogens (tertiary/aromatic N) is 1. The summed E-state index contributed by atoms with van der Waals surface area (Å²) in [6.45, 7) is 0. The molecule has 25 heavy (non-hydrogen) atoms. The van der Waals surface area contributed by atoms with Crippen LogP contribution in [0.5, 0.6) is 0 Å². The molecule has 0 bridgehead atoms. The third kappa shape index (κ3) is 3.40. The second-order valence-corrected chi connectivity index (χ2v) is 6.83. The predicted octanol–water partition coefficient (Wildman–Crippen LogP) is 5.95.